The summed E-state index contributed by atoms with van der Waals surface area (Å²) in [5, 5.41) is 16.7. The molecule has 4 aromatic rings. The predicted octanol–water partition coefficient (Wildman–Crippen LogP) is 3.12. The number of methoxy groups -OCH3 is 1. The first-order valence-corrected chi connectivity index (χ1v) is 14.2. The normalized spacial score (nSPS) is 18.9. The van der Waals surface area contributed by atoms with E-state index in [9.17, 15) is 14.7 Å². The number of hydrogen-bond donors (Lipinski definition) is 3. The van der Waals surface area contributed by atoms with Crippen LogP contribution >= 0.6 is 11.6 Å². The summed E-state index contributed by atoms with van der Waals surface area (Å²) >= 11 is 6.35. The SMILES string of the molecule is COc1ccc(-c2cnc3c(Nc4ccc(C(=O)N5CCN(C(=O)[C@@H]6C[C@@H](O)CN6)CC5)c(C)c4)nccn23)cc1Cl. The van der Waals surface area contributed by atoms with Gasteiger partial charge >= 0.3 is 0 Å². The maximum Gasteiger partial charge on any atom is 0.254 e. The predicted molar refractivity (Wildman–Crippen MR) is 159 cm³/mol. The molecule has 42 heavy (non-hydrogen) atoms. The van der Waals surface area contributed by atoms with E-state index >= 15 is 0 Å². The van der Waals surface area contributed by atoms with Gasteiger partial charge in [0, 0.05) is 61.9 Å². The van der Waals surface area contributed by atoms with Crippen molar-refractivity contribution >= 4 is 40.6 Å². The Kier molecular flexibility index (Phi) is 7.72. The number of piperazine rings is 1. The number of halogens is 1. The number of anilines is 2. The second-order valence-electron chi connectivity index (χ2n) is 10.6. The second kappa shape index (κ2) is 11.6. The molecule has 0 radical (unpaired) electrons. The summed E-state index contributed by atoms with van der Waals surface area (Å²) in [5.74, 6) is 1.11. The summed E-state index contributed by atoms with van der Waals surface area (Å²) in [6, 6.07) is 10.8. The first kappa shape index (κ1) is 28.0. The molecule has 6 rings (SSSR count). The zero-order valence-corrected chi connectivity index (χ0v) is 24.1. The third kappa shape index (κ3) is 5.38. The Labute approximate surface area is 248 Å². The largest absolute Gasteiger partial charge is 0.495 e. The number of aliphatic hydroxyl groups excluding tert-OH is 1. The van der Waals surface area contributed by atoms with Crippen molar-refractivity contribution in [3.63, 3.8) is 0 Å². The van der Waals surface area contributed by atoms with E-state index in [2.05, 4.69) is 20.6 Å². The van der Waals surface area contributed by atoms with Gasteiger partial charge in [-0.2, -0.15) is 0 Å². The van der Waals surface area contributed by atoms with Gasteiger partial charge in [-0.3, -0.25) is 14.0 Å². The van der Waals surface area contributed by atoms with E-state index in [-0.39, 0.29) is 17.9 Å². The third-order valence-corrected chi connectivity index (χ3v) is 8.17. The van der Waals surface area contributed by atoms with E-state index in [4.69, 9.17) is 16.3 Å². The van der Waals surface area contributed by atoms with Crippen LogP contribution in [0.1, 0.15) is 22.3 Å². The van der Waals surface area contributed by atoms with Crippen LogP contribution in [-0.2, 0) is 4.79 Å². The summed E-state index contributed by atoms with van der Waals surface area (Å²) < 4.78 is 7.21. The average Bonchev–Trinajstić information content (AvgIpc) is 3.64. The standard InChI is InChI=1S/C30H32ClN7O4/c1-18-13-20(4-5-22(18)29(40)36-9-11-37(12-10-36)30(41)24-15-21(39)16-33-24)35-27-28-34-17-25(38(28)8-7-32-27)19-3-6-26(42-2)23(31)14-19/h3-8,13-14,17,21,24,33,39H,9-12,15-16H2,1-2H3,(H,32,35)/t21-,24+/m1/s1. The molecule has 4 heterocycles. The minimum absolute atomic E-state index is 0.00807. The molecule has 0 spiro atoms. The molecule has 2 amide bonds. The quantitative estimate of drug-likeness (QED) is 0.313. The molecular formula is C30H32ClN7O4. The Morgan fingerprint density at radius 1 is 1.10 bits per heavy atom. The second-order valence-corrected chi connectivity index (χ2v) is 11.0. The molecular weight excluding hydrogens is 558 g/mol. The Hall–Kier alpha value is -4.19. The molecule has 2 aromatic heterocycles. The van der Waals surface area contributed by atoms with E-state index in [1.165, 1.54) is 0 Å². The number of nitrogens with zero attached hydrogens (tertiary/aromatic N) is 5. The minimum Gasteiger partial charge on any atom is -0.495 e. The summed E-state index contributed by atoms with van der Waals surface area (Å²) in [5.41, 5.74) is 4.62. The lowest BCUT2D eigenvalue weighted by molar-refractivity contribution is -0.134. The number of rotatable bonds is 6. The van der Waals surface area contributed by atoms with Crippen molar-refractivity contribution in [3.8, 4) is 17.0 Å². The molecule has 0 unspecified atom stereocenters. The first-order chi connectivity index (χ1) is 20.3. The molecule has 218 valence electrons. The van der Waals surface area contributed by atoms with Gasteiger partial charge in [-0.25, -0.2) is 9.97 Å². The molecule has 0 bridgehead atoms. The van der Waals surface area contributed by atoms with Crippen molar-refractivity contribution in [2.24, 2.45) is 0 Å². The number of carbonyl (C=O) groups excluding carboxylic acids is 2. The van der Waals surface area contributed by atoms with Gasteiger partial charge in [-0.15, -0.1) is 0 Å². The number of ether oxygens (including phenoxy) is 1. The number of fused-ring (bicyclic) bond motifs is 1. The fourth-order valence-electron chi connectivity index (χ4n) is 5.59. The van der Waals surface area contributed by atoms with Crippen LogP contribution in [-0.4, -0.2) is 93.1 Å². The molecule has 12 heteroatoms. The van der Waals surface area contributed by atoms with Gasteiger partial charge in [0.25, 0.3) is 5.91 Å². The van der Waals surface area contributed by atoms with E-state index in [0.29, 0.717) is 66.9 Å². The average molecular weight is 590 g/mol. The van der Waals surface area contributed by atoms with Crippen molar-refractivity contribution in [1.29, 1.82) is 0 Å². The fraction of sp³-hybridized carbons (Fsp3) is 0.333. The van der Waals surface area contributed by atoms with E-state index < -0.39 is 6.10 Å². The van der Waals surface area contributed by atoms with Crippen LogP contribution in [0.15, 0.2) is 55.0 Å². The summed E-state index contributed by atoms with van der Waals surface area (Å²) in [6.07, 6.45) is 5.26. The highest BCUT2D eigenvalue weighted by Crippen LogP contribution is 2.32. The smallest absolute Gasteiger partial charge is 0.254 e. The van der Waals surface area contributed by atoms with E-state index in [1.54, 1.807) is 29.3 Å². The monoisotopic (exact) mass is 589 g/mol. The lowest BCUT2D eigenvalue weighted by Gasteiger charge is -2.36. The number of amides is 2. The summed E-state index contributed by atoms with van der Waals surface area (Å²) in [7, 11) is 1.58. The van der Waals surface area contributed by atoms with Gasteiger partial charge in [-0.1, -0.05) is 11.6 Å². The Balaban J connectivity index is 1.14. The lowest BCUT2D eigenvalue weighted by Crippen LogP contribution is -2.54. The maximum atomic E-state index is 13.4. The van der Waals surface area contributed by atoms with Crippen molar-refractivity contribution < 1.29 is 19.4 Å². The van der Waals surface area contributed by atoms with Gasteiger partial charge in [0.15, 0.2) is 11.5 Å². The van der Waals surface area contributed by atoms with Gasteiger partial charge in [0.05, 0.1) is 36.2 Å². The molecule has 0 saturated carbocycles. The summed E-state index contributed by atoms with van der Waals surface area (Å²) in [4.78, 5) is 38.8. The van der Waals surface area contributed by atoms with Crippen molar-refractivity contribution in [2.75, 3.05) is 45.2 Å². The Morgan fingerprint density at radius 3 is 2.57 bits per heavy atom. The molecule has 11 nitrogen and oxygen atoms in total. The minimum atomic E-state index is -0.484. The van der Waals surface area contributed by atoms with Gasteiger partial charge < -0.3 is 30.3 Å². The van der Waals surface area contributed by atoms with Crippen LogP contribution in [0.5, 0.6) is 5.75 Å². The number of aromatic nitrogens is 3. The van der Waals surface area contributed by atoms with Gasteiger partial charge in [0.2, 0.25) is 5.91 Å². The van der Waals surface area contributed by atoms with Crippen LogP contribution in [0.2, 0.25) is 5.02 Å². The Morgan fingerprint density at radius 2 is 1.88 bits per heavy atom. The zero-order chi connectivity index (χ0) is 29.4. The van der Waals surface area contributed by atoms with Gasteiger partial charge in [-0.05, 0) is 55.3 Å². The number of aliphatic hydroxyl groups is 1. The molecule has 2 aliphatic heterocycles. The van der Waals surface area contributed by atoms with Crippen LogP contribution in [0.4, 0.5) is 11.5 Å². The highest BCUT2D eigenvalue weighted by atomic mass is 35.5. The first-order valence-electron chi connectivity index (χ1n) is 13.9. The summed E-state index contributed by atoms with van der Waals surface area (Å²) in [6.45, 7) is 4.22. The van der Waals surface area contributed by atoms with E-state index in [1.807, 2.05) is 53.9 Å². The highest BCUT2D eigenvalue weighted by molar-refractivity contribution is 6.32. The number of carbonyl (C=O) groups is 2. The molecule has 2 saturated heterocycles. The van der Waals surface area contributed by atoms with Crippen molar-refractivity contribution in [1.82, 2.24) is 29.5 Å². The number of hydrogen-bond acceptors (Lipinski definition) is 8. The number of aryl methyl sites for hydroxylation is 1. The van der Waals surface area contributed by atoms with Crippen LogP contribution < -0.4 is 15.4 Å². The molecule has 2 atom stereocenters. The number of β-amino-alcohol motifs (C(OH)–C–C–N with tert-alkyl or cyclic N) is 1. The molecule has 2 aromatic carbocycles. The number of benzene rings is 2. The van der Waals surface area contributed by atoms with Crippen LogP contribution in [0.25, 0.3) is 16.9 Å². The third-order valence-electron chi connectivity index (χ3n) is 7.88. The molecule has 3 N–H and O–H groups in total. The van der Waals surface area contributed by atoms with Crippen LogP contribution in [0.3, 0.4) is 0 Å². The maximum absolute atomic E-state index is 13.4. The molecule has 2 aliphatic rings. The Bertz CT molecular complexity index is 1650. The van der Waals surface area contributed by atoms with Gasteiger partial charge in [0.1, 0.15) is 5.75 Å². The number of nitrogens with one attached hydrogen (secondary N) is 2. The van der Waals surface area contributed by atoms with Crippen molar-refractivity contribution in [3.05, 3.63) is 71.1 Å². The number of imidazole rings is 1. The lowest BCUT2D eigenvalue weighted by atomic mass is 10.1. The van der Waals surface area contributed by atoms with Crippen LogP contribution in [0, 0.1) is 6.92 Å². The molecule has 0 aliphatic carbocycles. The molecule has 2 fully saturated rings. The topological polar surface area (TPSA) is 124 Å². The fourth-order valence-corrected chi connectivity index (χ4v) is 5.85. The van der Waals surface area contributed by atoms with Crippen molar-refractivity contribution in [2.45, 2.75) is 25.5 Å². The zero-order valence-electron chi connectivity index (χ0n) is 23.4. The van der Waals surface area contributed by atoms with E-state index in [0.717, 1.165) is 22.5 Å². The highest BCUT2D eigenvalue weighted by Gasteiger charge is 2.33.